The fraction of sp³-hybridized carbons (Fsp3) is 0.450. The van der Waals surface area contributed by atoms with E-state index in [4.69, 9.17) is 4.74 Å². The maximum absolute atomic E-state index is 13.4. The first kappa shape index (κ1) is 19.1. The smallest absolute Gasteiger partial charge is 0.235 e. The molecular formula is C20H27N5O2. The lowest BCUT2D eigenvalue weighted by atomic mass is 9.73. The van der Waals surface area contributed by atoms with Crippen molar-refractivity contribution in [1.29, 1.82) is 0 Å². The zero-order valence-corrected chi connectivity index (χ0v) is 16.4. The van der Waals surface area contributed by atoms with Gasteiger partial charge in [0.25, 0.3) is 0 Å². The summed E-state index contributed by atoms with van der Waals surface area (Å²) in [5.74, 6) is 1.24. The summed E-state index contributed by atoms with van der Waals surface area (Å²) in [5.41, 5.74) is 1.02. The first-order chi connectivity index (χ1) is 12.9. The molecule has 2 heterocycles. The highest BCUT2D eigenvalue weighted by molar-refractivity contribution is 6.01. The summed E-state index contributed by atoms with van der Waals surface area (Å²) >= 11 is 0. The standard InChI is InChI=1S/C20H27N5O2/c1-24(2)17-16(14-21-19(23-17)25(3)4)22-18(26)20(10-12-27-13-11-20)15-8-6-5-7-9-15/h5-9,14H,10-13H2,1-4H3,(H,22,26). The summed E-state index contributed by atoms with van der Waals surface area (Å²) in [6.07, 6.45) is 2.97. The Hall–Kier alpha value is -2.67. The lowest BCUT2D eigenvalue weighted by molar-refractivity contribution is -0.125. The summed E-state index contributed by atoms with van der Waals surface area (Å²) in [6.45, 7) is 1.14. The Kier molecular flexibility index (Phi) is 5.60. The molecule has 0 bridgehead atoms. The van der Waals surface area contributed by atoms with Gasteiger partial charge in [0.1, 0.15) is 5.69 Å². The van der Waals surface area contributed by atoms with Crippen molar-refractivity contribution >= 4 is 23.4 Å². The van der Waals surface area contributed by atoms with E-state index in [0.29, 0.717) is 43.5 Å². The van der Waals surface area contributed by atoms with Gasteiger partial charge in [-0.1, -0.05) is 30.3 Å². The first-order valence-corrected chi connectivity index (χ1v) is 9.10. The number of nitrogens with zero attached hydrogens (tertiary/aromatic N) is 4. The average molecular weight is 369 g/mol. The van der Waals surface area contributed by atoms with E-state index in [1.807, 2.05) is 68.3 Å². The van der Waals surface area contributed by atoms with Gasteiger partial charge in [-0.05, 0) is 18.4 Å². The normalized spacial score (nSPS) is 15.9. The van der Waals surface area contributed by atoms with Gasteiger partial charge in [0.15, 0.2) is 5.82 Å². The molecule has 0 spiro atoms. The van der Waals surface area contributed by atoms with Gasteiger partial charge in [-0.2, -0.15) is 4.98 Å². The van der Waals surface area contributed by atoms with Crippen molar-refractivity contribution < 1.29 is 9.53 Å². The number of amides is 1. The van der Waals surface area contributed by atoms with Crippen molar-refractivity contribution in [2.45, 2.75) is 18.3 Å². The lowest BCUT2D eigenvalue weighted by Crippen LogP contribution is -2.45. The zero-order valence-electron chi connectivity index (χ0n) is 16.4. The molecule has 0 unspecified atom stereocenters. The summed E-state index contributed by atoms with van der Waals surface area (Å²) in [7, 11) is 7.58. The molecule has 1 N–H and O–H groups in total. The monoisotopic (exact) mass is 369 g/mol. The Morgan fingerprint density at radius 1 is 1.07 bits per heavy atom. The van der Waals surface area contributed by atoms with Crippen LogP contribution in [0, 0.1) is 0 Å². The van der Waals surface area contributed by atoms with Crippen LogP contribution >= 0.6 is 0 Å². The van der Waals surface area contributed by atoms with E-state index < -0.39 is 5.41 Å². The number of carbonyl (C=O) groups excluding carboxylic acids is 1. The molecule has 0 radical (unpaired) electrons. The zero-order chi connectivity index (χ0) is 19.4. The number of rotatable bonds is 5. The maximum Gasteiger partial charge on any atom is 0.235 e. The molecule has 1 aromatic carbocycles. The number of benzene rings is 1. The second kappa shape index (κ2) is 7.92. The van der Waals surface area contributed by atoms with E-state index in [1.54, 1.807) is 6.20 Å². The number of aromatic nitrogens is 2. The fourth-order valence-electron chi connectivity index (χ4n) is 3.37. The molecule has 2 aromatic rings. The molecule has 27 heavy (non-hydrogen) atoms. The lowest BCUT2D eigenvalue weighted by Gasteiger charge is -2.36. The Morgan fingerprint density at radius 2 is 1.74 bits per heavy atom. The van der Waals surface area contributed by atoms with Crippen LogP contribution in [0.4, 0.5) is 17.5 Å². The third-order valence-electron chi connectivity index (χ3n) is 4.94. The number of nitrogens with one attached hydrogen (secondary N) is 1. The molecule has 1 aliphatic rings. The van der Waals surface area contributed by atoms with Crippen LogP contribution in [-0.2, 0) is 14.9 Å². The number of carbonyl (C=O) groups is 1. The van der Waals surface area contributed by atoms with E-state index in [1.165, 1.54) is 0 Å². The maximum atomic E-state index is 13.4. The molecule has 1 aliphatic heterocycles. The minimum atomic E-state index is -0.608. The van der Waals surface area contributed by atoms with Gasteiger partial charge in [-0.25, -0.2) is 4.98 Å². The second-order valence-electron chi connectivity index (χ2n) is 7.21. The van der Waals surface area contributed by atoms with Crippen LogP contribution in [0.15, 0.2) is 36.5 Å². The van der Waals surface area contributed by atoms with Gasteiger partial charge in [0.2, 0.25) is 11.9 Å². The predicted octanol–water partition coefficient (Wildman–Crippen LogP) is 2.30. The highest BCUT2D eigenvalue weighted by Crippen LogP contribution is 2.37. The fourth-order valence-corrected chi connectivity index (χ4v) is 3.37. The molecule has 1 fully saturated rings. The minimum Gasteiger partial charge on any atom is -0.381 e. The van der Waals surface area contributed by atoms with Gasteiger partial charge < -0.3 is 19.9 Å². The molecule has 0 saturated carbocycles. The topological polar surface area (TPSA) is 70.6 Å². The van der Waals surface area contributed by atoms with Crippen LogP contribution in [0.2, 0.25) is 0 Å². The summed E-state index contributed by atoms with van der Waals surface area (Å²) in [5, 5.41) is 3.09. The van der Waals surface area contributed by atoms with Crippen LogP contribution < -0.4 is 15.1 Å². The van der Waals surface area contributed by atoms with E-state index in [9.17, 15) is 4.79 Å². The highest BCUT2D eigenvalue weighted by Gasteiger charge is 2.42. The number of ether oxygens (including phenoxy) is 1. The third-order valence-corrected chi connectivity index (χ3v) is 4.94. The molecule has 7 heteroatoms. The van der Waals surface area contributed by atoms with E-state index in [-0.39, 0.29) is 5.91 Å². The highest BCUT2D eigenvalue weighted by atomic mass is 16.5. The minimum absolute atomic E-state index is 0.0405. The van der Waals surface area contributed by atoms with Crippen LogP contribution in [0.3, 0.4) is 0 Å². The second-order valence-corrected chi connectivity index (χ2v) is 7.21. The van der Waals surface area contributed by atoms with Gasteiger partial charge in [-0.3, -0.25) is 4.79 Å². The van der Waals surface area contributed by atoms with Crippen molar-refractivity contribution in [3.63, 3.8) is 0 Å². The molecule has 7 nitrogen and oxygen atoms in total. The number of hydrogen-bond acceptors (Lipinski definition) is 6. The Morgan fingerprint density at radius 3 is 2.33 bits per heavy atom. The van der Waals surface area contributed by atoms with Crippen LogP contribution in [0.25, 0.3) is 0 Å². The van der Waals surface area contributed by atoms with Crippen LogP contribution in [0.5, 0.6) is 0 Å². The van der Waals surface area contributed by atoms with Gasteiger partial charge in [0.05, 0.1) is 11.6 Å². The number of anilines is 3. The Labute approximate surface area is 160 Å². The van der Waals surface area contributed by atoms with Gasteiger partial charge in [-0.15, -0.1) is 0 Å². The molecule has 144 valence electrons. The quantitative estimate of drug-likeness (QED) is 0.872. The summed E-state index contributed by atoms with van der Waals surface area (Å²) in [4.78, 5) is 26.1. The molecular weight excluding hydrogens is 342 g/mol. The molecule has 0 atom stereocenters. The van der Waals surface area contributed by atoms with Crippen molar-refractivity contribution in [3.05, 3.63) is 42.1 Å². The Balaban J connectivity index is 1.95. The molecule has 1 aromatic heterocycles. The van der Waals surface area contributed by atoms with Gasteiger partial charge in [0, 0.05) is 41.4 Å². The largest absolute Gasteiger partial charge is 0.381 e. The summed E-state index contributed by atoms with van der Waals surface area (Å²) < 4.78 is 5.53. The average Bonchev–Trinajstić information content (AvgIpc) is 2.69. The molecule has 3 rings (SSSR count). The third kappa shape index (κ3) is 3.88. The van der Waals surface area contributed by atoms with Crippen molar-refractivity contribution in [2.24, 2.45) is 0 Å². The Bertz CT molecular complexity index is 786. The SMILES string of the molecule is CN(C)c1ncc(NC(=O)C2(c3ccccc3)CCOCC2)c(N(C)C)n1. The van der Waals surface area contributed by atoms with Crippen molar-refractivity contribution in [2.75, 3.05) is 56.5 Å². The van der Waals surface area contributed by atoms with E-state index in [2.05, 4.69) is 15.3 Å². The van der Waals surface area contributed by atoms with E-state index in [0.717, 1.165) is 5.56 Å². The van der Waals surface area contributed by atoms with Crippen molar-refractivity contribution in [1.82, 2.24) is 9.97 Å². The number of hydrogen-bond donors (Lipinski definition) is 1. The predicted molar refractivity (Wildman–Crippen MR) is 107 cm³/mol. The first-order valence-electron chi connectivity index (χ1n) is 9.10. The van der Waals surface area contributed by atoms with Crippen LogP contribution in [0.1, 0.15) is 18.4 Å². The van der Waals surface area contributed by atoms with Crippen LogP contribution in [-0.4, -0.2) is 57.3 Å². The molecule has 1 saturated heterocycles. The summed E-state index contributed by atoms with van der Waals surface area (Å²) in [6, 6.07) is 9.94. The van der Waals surface area contributed by atoms with E-state index >= 15 is 0 Å². The molecule has 0 aliphatic carbocycles. The molecule has 1 amide bonds. The van der Waals surface area contributed by atoms with Crippen molar-refractivity contribution in [3.8, 4) is 0 Å². The van der Waals surface area contributed by atoms with Gasteiger partial charge >= 0.3 is 0 Å².